The lowest BCUT2D eigenvalue weighted by atomic mass is 9.67. The molecule has 4 N–H and O–H groups in total. The third-order valence-corrected chi connectivity index (χ3v) is 3.99. The van der Waals surface area contributed by atoms with E-state index >= 15 is 0 Å². The molecule has 1 fully saturated rings. The van der Waals surface area contributed by atoms with E-state index in [1.54, 1.807) is 0 Å². The Hall–Kier alpha value is -0.340. The SMILES string of the molecule is CC1C=CC2CCC(C(N)N)CC2C1. The van der Waals surface area contributed by atoms with Gasteiger partial charge in [0.2, 0.25) is 0 Å². The smallest absolute Gasteiger partial charge is 0.0550 e. The molecular weight excluding hydrogens is 172 g/mol. The third-order valence-electron chi connectivity index (χ3n) is 3.99. The van der Waals surface area contributed by atoms with Gasteiger partial charge in [-0.15, -0.1) is 0 Å². The summed E-state index contributed by atoms with van der Waals surface area (Å²) in [5.74, 6) is 2.99. The normalized spacial score (nSPS) is 42.6. The van der Waals surface area contributed by atoms with Crippen LogP contribution in [0.4, 0.5) is 0 Å². The Bertz CT molecular complexity index is 222. The highest BCUT2D eigenvalue weighted by atomic mass is 14.9. The summed E-state index contributed by atoms with van der Waals surface area (Å²) in [6.45, 7) is 2.30. The molecule has 0 aromatic carbocycles. The standard InChI is InChI=1S/C12H22N2/c1-8-2-3-9-4-5-10(12(13)14)7-11(9)6-8/h2-3,8-12H,4-7,13-14H2,1H3. The number of allylic oxidation sites excluding steroid dienone is 2. The molecule has 0 aliphatic heterocycles. The van der Waals surface area contributed by atoms with Gasteiger partial charge in [0.05, 0.1) is 6.17 Å². The van der Waals surface area contributed by atoms with Crippen LogP contribution in [0.3, 0.4) is 0 Å². The maximum Gasteiger partial charge on any atom is 0.0550 e. The summed E-state index contributed by atoms with van der Waals surface area (Å²) in [6, 6.07) is 0. The quantitative estimate of drug-likeness (QED) is 0.494. The van der Waals surface area contributed by atoms with Crippen LogP contribution in [0.1, 0.15) is 32.6 Å². The largest absolute Gasteiger partial charge is 0.316 e. The van der Waals surface area contributed by atoms with Crippen LogP contribution >= 0.6 is 0 Å². The van der Waals surface area contributed by atoms with Gasteiger partial charge in [-0.25, -0.2) is 0 Å². The van der Waals surface area contributed by atoms with Crippen molar-refractivity contribution in [3.63, 3.8) is 0 Å². The summed E-state index contributed by atoms with van der Waals surface area (Å²) in [5.41, 5.74) is 11.6. The predicted octanol–water partition coefficient (Wildman–Crippen LogP) is 1.86. The second-order valence-electron chi connectivity index (χ2n) is 5.17. The van der Waals surface area contributed by atoms with Gasteiger partial charge in [0, 0.05) is 0 Å². The van der Waals surface area contributed by atoms with E-state index in [4.69, 9.17) is 11.5 Å². The van der Waals surface area contributed by atoms with E-state index in [2.05, 4.69) is 19.1 Å². The van der Waals surface area contributed by atoms with Crippen molar-refractivity contribution >= 4 is 0 Å². The van der Waals surface area contributed by atoms with Crippen molar-refractivity contribution in [2.75, 3.05) is 0 Å². The van der Waals surface area contributed by atoms with E-state index in [0.717, 1.165) is 17.8 Å². The fourth-order valence-corrected chi connectivity index (χ4v) is 3.09. The maximum absolute atomic E-state index is 5.78. The fourth-order valence-electron chi connectivity index (χ4n) is 3.09. The van der Waals surface area contributed by atoms with Gasteiger partial charge in [-0.05, 0) is 49.4 Å². The molecule has 2 aliphatic carbocycles. The van der Waals surface area contributed by atoms with Crippen LogP contribution in [0.15, 0.2) is 12.2 Å². The van der Waals surface area contributed by atoms with E-state index in [0.29, 0.717) is 5.92 Å². The van der Waals surface area contributed by atoms with Crippen molar-refractivity contribution in [2.45, 2.75) is 38.8 Å². The van der Waals surface area contributed by atoms with Crippen molar-refractivity contribution in [1.29, 1.82) is 0 Å². The van der Waals surface area contributed by atoms with Gasteiger partial charge in [0.15, 0.2) is 0 Å². The molecule has 2 heteroatoms. The number of fused-ring (bicyclic) bond motifs is 1. The van der Waals surface area contributed by atoms with Crippen LogP contribution in [0.2, 0.25) is 0 Å². The summed E-state index contributed by atoms with van der Waals surface area (Å²) in [4.78, 5) is 0. The molecule has 4 atom stereocenters. The Morgan fingerprint density at radius 3 is 2.64 bits per heavy atom. The first-order valence-electron chi connectivity index (χ1n) is 5.86. The molecule has 0 amide bonds. The van der Waals surface area contributed by atoms with E-state index in [1.165, 1.54) is 25.7 Å². The summed E-state index contributed by atoms with van der Waals surface area (Å²) < 4.78 is 0. The Morgan fingerprint density at radius 1 is 1.14 bits per heavy atom. The van der Waals surface area contributed by atoms with E-state index in [1.807, 2.05) is 0 Å². The average Bonchev–Trinajstić information content (AvgIpc) is 2.16. The van der Waals surface area contributed by atoms with Gasteiger partial charge in [-0.3, -0.25) is 0 Å². The summed E-state index contributed by atoms with van der Waals surface area (Å²) >= 11 is 0. The molecule has 0 spiro atoms. The molecule has 2 nitrogen and oxygen atoms in total. The van der Waals surface area contributed by atoms with Crippen LogP contribution < -0.4 is 11.5 Å². The zero-order valence-corrected chi connectivity index (χ0v) is 9.02. The van der Waals surface area contributed by atoms with Gasteiger partial charge in [-0.1, -0.05) is 19.1 Å². The second-order valence-corrected chi connectivity index (χ2v) is 5.17. The molecule has 0 radical (unpaired) electrons. The second kappa shape index (κ2) is 4.03. The fraction of sp³-hybridized carbons (Fsp3) is 0.833. The first-order valence-corrected chi connectivity index (χ1v) is 5.86. The summed E-state index contributed by atoms with van der Waals surface area (Å²) in [6.07, 6.45) is 9.81. The minimum absolute atomic E-state index is 0.0998. The first kappa shape index (κ1) is 10.2. The van der Waals surface area contributed by atoms with E-state index in [-0.39, 0.29) is 6.17 Å². The molecule has 0 aromatic heterocycles. The molecule has 1 saturated carbocycles. The van der Waals surface area contributed by atoms with Crippen molar-refractivity contribution < 1.29 is 0 Å². The lowest BCUT2D eigenvalue weighted by molar-refractivity contribution is 0.164. The topological polar surface area (TPSA) is 52.0 Å². The van der Waals surface area contributed by atoms with Crippen LogP contribution in [-0.4, -0.2) is 6.17 Å². The minimum atomic E-state index is -0.0998. The molecule has 0 bridgehead atoms. The lowest BCUT2D eigenvalue weighted by Crippen LogP contribution is -2.43. The van der Waals surface area contributed by atoms with E-state index in [9.17, 15) is 0 Å². The predicted molar refractivity (Wildman–Crippen MR) is 59.4 cm³/mol. The molecule has 0 heterocycles. The third kappa shape index (κ3) is 2.01. The molecule has 2 rings (SSSR count). The lowest BCUT2D eigenvalue weighted by Gasteiger charge is -2.39. The maximum atomic E-state index is 5.78. The van der Waals surface area contributed by atoms with Gasteiger partial charge in [-0.2, -0.15) is 0 Å². The Morgan fingerprint density at radius 2 is 1.93 bits per heavy atom. The first-order chi connectivity index (χ1) is 6.66. The van der Waals surface area contributed by atoms with E-state index < -0.39 is 0 Å². The summed E-state index contributed by atoms with van der Waals surface area (Å²) in [7, 11) is 0. The minimum Gasteiger partial charge on any atom is -0.316 e. The average molecular weight is 194 g/mol. The molecule has 14 heavy (non-hydrogen) atoms. The van der Waals surface area contributed by atoms with Gasteiger partial charge < -0.3 is 11.5 Å². The molecule has 0 aromatic rings. The molecule has 4 unspecified atom stereocenters. The zero-order valence-electron chi connectivity index (χ0n) is 9.02. The van der Waals surface area contributed by atoms with Crippen molar-refractivity contribution in [1.82, 2.24) is 0 Å². The summed E-state index contributed by atoms with van der Waals surface area (Å²) in [5, 5.41) is 0. The van der Waals surface area contributed by atoms with Crippen LogP contribution in [0.5, 0.6) is 0 Å². The molecule has 0 saturated heterocycles. The number of rotatable bonds is 1. The monoisotopic (exact) mass is 194 g/mol. The van der Waals surface area contributed by atoms with Crippen molar-refractivity contribution in [3.05, 3.63) is 12.2 Å². The Balaban J connectivity index is 1.99. The number of hydrogen-bond donors (Lipinski definition) is 2. The highest BCUT2D eigenvalue weighted by molar-refractivity contribution is 5.02. The Kier molecular flexibility index (Phi) is 2.93. The molecule has 2 aliphatic rings. The van der Waals surface area contributed by atoms with Gasteiger partial charge >= 0.3 is 0 Å². The molecular formula is C12H22N2. The van der Waals surface area contributed by atoms with Crippen LogP contribution in [-0.2, 0) is 0 Å². The number of nitrogens with two attached hydrogens (primary N) is 2. The van der Waals surface area contributed by atoms with Crippen molar-refractivity contribution in [3.8, 4) is 0 Å². The zero-order chi connectivity index (χ0) is 10.1. The van der Waals surface area contributed by atoms with Crippen LogP contribution in [0, 0.1) is 23.7 Å². The highest BCUT2D eigenvalue weighted by Gasteiger charge is 2.33. The highest BCUT2D eigenvalue weighted by Crippen LogP contribution is 2.41. The Labute approximate surface area is 86.7 Å². The van der Waals surface area contributed by atoms with Gasteiger partial charge in [0.1, 0.15) is 0 Å². The van der Waals surface area contributed by atoms with Crippen LogP contribution in [0.25, 0.3) is 0 Å². The van der Waals surface area contributed by atoms with Crippen molar-refractivity contribution in [2.24, 2.45) is 35.1 Å². The molecule has 80 valence electrons. The van der Waals surface area contributed by atoms with Gasteiger partial charge in [0.25, 0.3) is 0 Å². The number of hydrogen-bond acceptors (Lipinski definition) is 2.